The largest absolute Gasteiger partial charge is 0.497 e. The molecule has 32 heavy (non-hydrogen) atoms. The molecule has 0 radical (unpaired) electrons. The summed E-state index contributed by atoms with van der Waals surface area (Å²) in [5.41, 5.74) is 4.71. The van der Waals surface area contributed by atoms with Gasteiger partial charge in [0.1, 0.15) is 5.75 Å². The van der Waals surface area contributed by atoms with Gasteiger partial charge in [0.05, 0.1) is 12.8 Å². The van der Waals surface area contributed by atoms with Crippen LogP contribution in [0.5, 0.6) is 5.75 Å². The number of ether oxygens (including phenoxy) is 1. The van der Waals surface area contributed by atoms with E-state index in [1.165, 1.54) is 43.6 Å². The molecule has 6 aromatic carbocycles. The minimum absolute atomic E-state index is 0.854. The first-order valence-corrected chi connectivity index (χ1v) is 10.9. The highest BCUT2D eigenvalue weighted by atomic mass is 16.5. The van der Waals surface area contributed by atoms with E-state index in [1.54, 1.807) is 7.11 Å². The van der Waals surface area contributed by atoms with Gasteiger partial charge in [0.25, 0.3) is 0 Å². The Labute approximate surface area is 187 Å². The van der Waals surface area contributed by atoms with E-state index in [1.807, 2.05) is 12.1 Å². The third-order valence-corrected chi connectivity index (χ3v) is 6.45. The smallest absolute Gasteiger partial charge is 0.119 e. The van der Waals surface area contributed by atoms with Crippen LogP contribution in [0.1, 0.15) is 5.56 Å². The molecule has 0 aliphatic carbocycles. The van der Waals surface area contributed by atoms with Crippen molar-refractivity contribution in [1.29, 1.82) is 0 Å². The lowest BCUT2D eigenvalue weighted by molar-refractivity contribution is 0.415. The van der Waals surface area contributed by atoms with E-state index >= 15 is 0 Å². The fraction of sp³-hybridized carbons (Fsp3) is 0.0667. The van der Waals surface area contributed by atoms with E-state index in [9.17, 15) is 0 Å². The molecule has 0 aliphatic rings. The monoisotopic (exact) mass is 413 g/mol. The van der Waals surface area contributed by atoms with Gasteiger partial charge in [-0.1, -0.05) is 60.7 Å². The highest BCUT2D eigenvalue weighted by Crippen LogP contribution is 2.44. The van der Waals surface area contributed by atoms with Crippen molar-refractivity contribution in [2.24, 2.45) is 0 Å². The van der Waals surface area contributed by atoms with Crippen LogP contribution in [0.3, 0.4) is 0 Å². The maximum Gasteiger partial charge on any atom is 0.119 e. The summed E-state index contributed by atoms with van der Waals surface area (Å²) in [6.45, 7) is 2.19. The maximum atomic E-state index is 5.40. The fourth-order valence-corrected chi connectivity index (χ4v) is 4.86. The van der Waals surface area contributed by atoms with Crippen LogP contribution in [0.25, 0.3) is 32.3 Å². The fourth-order valence-electron chi connectivity index (χ4n) is 4.86. The average Bonchev–Trinajstić information content (AvgIpc) is 2.85. The summed E-state index contributed by atoms with van der Waals surface area (Å²) in [7, 11) is 1.70. The lowest BCUT2D eigenvalue weighted by Gasteiger charge is -2.28. The van der Waals surface area contributed by atoms with Gasteiger partial charge in [0, 0.05) is 16.8 Å². The Morgan fingerprint density at radius 2 is 1.16 bits per heavy atom. The van der Waals surface area contributed by atoms with E-state index in [0.717, 1.165) is 17.1 Å². The summed E-state index contributed by atoms with van der Waals surface area (Å²) >= 11 is 0. The average molecular weight is 414 g/mol. The van der Waals surface area contributed by atoms with E-state index in [2.05, 4.69) is 103 Å². The summed E-state index contributed by atoms with van der Waals surface area (Å²) in [4.78, 5) is 2.33. The van der Waals surface area contributed by atoms with Gasteiger partial charge in [-0.2, -0.15) is 0 Å². The molecular formula is C30H23NO. The lowest BCUT2D eigenvalue weighted by atomic mass is 9.91. The summed E-state index contributed by atoms with van der Waals surface area (Å²) in [6, 6.07) is 36.8. The first-order valence-electron chi connectivity index (χ1n) is 10.9. The number of aryl methyl sites for hydroxylation is 1. The molecule has 0 aromatic heterocycles. The summed E-state index contributed by atoms with van der Waals surface area (Å²) in [5, 5.41) is 7.83. The molecule has 154 valence electrons. The van der Waals surface area contributed by atoms with Crippen molar-refractivity contribution < 1.29 is 4.74 Å². The maximum absolute atomic E-state index is 5.40. The quantitative estimate of drug-likeness (QED) is 0.269. The zero-order chi connectivity index (χ0) is 21.7. The zero-order valence-electron chi connectivity index (χ0n) is 18.2. The minimum Gasteiger partial charge on any atom is -0.497 e. The van der Waals surface area contributed by atoms with Crippen LogP contribution in [-0.4, -0.2) is 7.11 Å². The number of hydrogen-bond donors (Lipinski definition) is 0. The van der Waals surface area contributed by atoms with Crippen molar-refractivity contribution >= 4 is 49.4 Å². The second-order valence-electron chi connectivity index (χ2n) is 8.26. The van der Waals surface area contributed by atoms with Crippen LogP contribution in [-0.2, 0) is 0 Å². The molecule has 2 nitrogen and oxygen atoms in total. The molecule has 0 heterocycles. The normalized spacial score (nSPS) is 11.4. The highest BCUT2D eigenvalue weighted by molar-refractivity contribution is 6.26. The number of rotatable bonds is 4. The molecule has 2 heteroatoms. The third kappa shape index (κ3) is 2.80. The molecule has 0 unspecified atom stereocenters. The van der Waals surface area contributed by atoms with Crippen molar-refractivity contribution in [2.45, 2.75) is 6.92 Å². The Kier molecular flexibility index (Phi) is 4.26. The van der Waals surface area contributed by atoms with Crippen LogP contribution in [0.15, 0.2) is 103 Å². The minimum atomic E-state index is 0.854. The first kappa shape index (κ1) is 18.7. The van der Waals surface area contributed by atoms with Gasteiger partial charge >= 0.3 is 0 Å². The predicted molar refractivity (Wildman–Crippen MR) is 136 cm³/mol. The van der Waals surface area contributed by atoms with Crippen LogP contribution >= 0.6 is 0 Å². The topological polar surface area (TPSA) is 12.5 Å². The molecule has 0 N–H and O–H groups in total. The molecule has 6 rings (SSSR count). The van der Waals surface area contributed by atoms with Crippen molar-refractivity contribution in [1.82, 2.24) is 0 Å². The Balaban J connectivity index is 1.68. The molecule has 0 saturated carbocycles. The van der Waals surface area contributed by atoms with Gasteiger partial charge in [-0.25, -0.2) is 0 Å². The van der Waals surface area contributed by atoms with Crippen LogP contribution in [0.4, 0.5) is 17.1 Å². The van der Waals surface area contributed by atoms with Gasteiger partial charge in [-0.15, -0.1) is 0 Å². The Morgan fingerprint density at radius 3 is 1.88 bits per heavy atom. The van der Waals surface area contributed by atoms with Gasteiger partial charge < -0.3 is 9.64 Å². The summed E-state index contributed by atoms with van der Waals surface area (Å²) in [6.07, 6.45) is 0. The van der Waals surface area contributed by atoms with Crippen molar-refractivity contribution in [3.63, 3.8) is 0 Å². The number of anilines is 3. The van der Waals surface area contributed by atoms with Gasteiger partial charge in [-0.05, 0) is 81.9 Å². The first-order chi connectivity index (χ1) is 15.7. The summed E-state index contributed by atoms with van der Waals surface area (Å²) < 4.78 is 5.40. The second kappa shape index (κ2) is 7.28. The van der Waals surface area contributed by atoms with Gasteiger partial charge in [0.15, 0.2) is 0 Å². The molecule has 0 bridgehead atoms. The van der Waals surface area contributed by atoms with Crippen molar-refractivity contribution in [2.75, 3.05) is 12.0 Å². The standard InChI is InChI=1S/C30H23NO/c1-20-8-9-21-10-11-22-12-19-28(27-18-17-26(20)29(21)30(22)27)31(23-6-4-3-5-7-23)24-13-15-25(32-2)16-14-24/h3-19H,1-2H3. The predicted octanol–water partition coefficient (Wildman–Crippen LogP) is 8.37. The van der Waals surface area contributed by atoms with Crippen molar-refractivity contribution in [3.8, 4) is 5.75 Å². The number of nitrogens with zero attached hydrogens (tertiary/aromatic N) is 1. The van der Waals surface area contributed by atoms with E-state index in [4.69, 9.17) is 4.74 Å². The molecule has 6 aromatic rings. The Hall–Kier alpha value is -4.04. The Morgan fingerprint density at radius 1 is 0.562 bits per heavy atom. The number of para-hydroxylation sites is 1. The van der Waals surface area contributed by atoms with E-state index in [0.29, 0.717) is 0 Å². The molecular weight excluding hydrogens is 390 g/mol. The van der Waals surface area contributed by atoms with Gasteiger partial charge in [0.2, 0.25) is 0 Å². The molecule has 0 aliphatic heterocycles. The second-order valence-corrected chi connectivity index (χ2v) is 8.26. The summed E-state index contributed by atoms with van der Waals surface area (Å²) in [5.74, 6) is 0.854. The van der Waals surface area contributed by atoms with E-state index < -0.39 is 0 Å². The number of methoxy groups -OCH3 is 1. The third-order valence-electron chi connectivity index (χ3n) is 6.45. The molecule has 0 saturated heterocycles. The molecule has 0 spiro atoms. The molecule has 0 fully saturated rings. The van der Waals surface area contributed by atoms with E-state index in [-0.39, 0.29) is 0 Å². The Bertz CT molecular complexity index is 1550. The van der Waals surface area contributed by atoms with Crippen LogP contribution in [0, 0.1) is 6.92 Å². The molecule has 0 atom stereocenters. The van der Waals surface area contributed by atoms with Gasteiger partial charge in [-0.3, -0.25) is 0 Å². The zero-order valence-corrected chi connectivity index (χ0v) is 18.2. The van der Waals surface area contributed by atoms with Crippen LogP contribution in [0.2, 0.25) is 0 Å². The SMILES string of the molecule is COc1ccc(N(c2ccccc2)c2ccc3ccc4ccc(C)c5ccc2c3c45)cc1. The lowest BCUT2D eigenvalue weighted by Crippen LogP contribution is -2.10. The van der Waals surface area contributed by atoms with Crippen molar-refractivity contribution in [3.05, 3.63) is 109 Å². The van der Waals surface area contributed by atoms with Crippen LogP contribution < -0.4 is 9.64 Å². The number of hydrogen-bond acceptors (Lipinski definition) is 2. The number of benzene rings is 6. The molecule has 0 amide bonds. The highest BCUT2D eigenvalue weighted by Gasteiger charge is 2.18.